The van der Waals surface area contributed by atoms with Gasteiger partial charge in [-0.3, -0.25) is 0 Å². The number of anilines is 1. The van der Waals surface area contributed by atoms with E-state index >= 15 is 0 Å². The molecule has 1 aromatic heterocycles. The molecule has 0 saturated carbocycles. The van der Waals surface area contributed by atoms with Crippen LogP contribution in [0.5, 0.6) is 0 Å². The number of nitrogen functional groups attached to an aromatic ring is 1. The first-order chi connectivity index (χ1) is 9.16. The van der Waals surface area contributed by atoms with Crippen LogP contribution in [0.4, 0.5) is 5.69 Å². The quantitative estimate of drug-likeness (QED) is 0.862. The van der Waals surface area contributed by atoms with Crippen LogP contribution in [0.2, 0.25) is 10.0 Å². The average molecular weight is 300 g/mol. The maximum Gasteiger partial charge on any atom is 0.261 e. The van der Waals surface area contributed by atoms with Gasteiger partial charge in [-0.1, -0.05) is 28.4 Å². The first-order valence-electron chi connectivity index (χ1n) is 5.82. The molecule has 0 radical (unpaired) electrons. The van der Waals surface area contributed by atoms with Crippen LogP contribution in [0.15, 0.2) is 16.7 Å². The number of rotatable bonds is 2. The van der Waals surface area contributed by atoms with E-state index in [-0.39, 0.29) is 11.8 Å². The van der Waals surface area contributed by atoms with Gasteiger partial charge in [-0.2, -0.15) is 4.98 Å². The molecule has 1 aliphatic heterocycles. The van der Waals surface area contributed by atoms with Gasteiger partial charge >= 0.3 is 0 Å². The summed E-state index contributed by atoms with van der Waals surface area (Å²) < 4.78 is 10.5. The molecule has 19 heavy (non-hydrogen) atoms. The Bertz CT molecular complexity index is 609. The third-order valence-corrected chi connectivity index (χ3v) is 3.74. The van der Waals surface area contributed by atoms with Crippen LogP contribution in [0.25, 0.3) is 11.5 Å². The number of nitrogens with zero attached hydrogens (tertiary/aromatic N) is 2. The predicted molar refractivity (Wildman–Crippen MR) is 72.3 cm³/mol. The first-order valence-corrected chi connectivity index (χ1v) is 6.57. The summed E-state index contributed by atoms with van der Waals surface area (Å²) in [5.41, 5.74) is 6.73. The largest absolute Gasteiger partial charge is 0.397 e. The van der Waals surface area contributed by atoms with Crippen molar-refractivity contribution < 1.29 is 9.26 Å². The second-order valence-electron chi connectivity index (χ2n) is 4.34. The highest BCUT2D eigenvalue weighted by Gasteiger charge is 2.25. The van der Waals surface area contributed by atoms with Crippen molar-refractivity contribution in [1.29, 1.82) is 0 Å². The lowest BCUT2D eigenvalue weighted by atomic mass is 10.1. The molecular formula is C12H11Cl2N3O2. The summed E-state index contributed by atoms with van der Waals surface area (Å²) in [6.07, 6.45) is 0.887. The Morgan fingerprint density at radius 3 is 2.79 bits per heavy atom. The van der Waals surface area contributed by atoms with E-state index in [1.54, 1.807) is 12.1 Å². The molecule has 2 heterocycles. The number of aromatic nitrogens is 2. The molecule has 1 fully saturated rings. The van der Waals surface area contributed by atoms with Gasteiger partial charge in [0.1, 0.15) is 0 Å². The Hall–Kier alpha value is -1.30. The van der Waals surface area contributed by atoms with Crippen LogP contribution in [0.3, 0.4) is 0 Å². The van der Waals surface area contributed by atoms with Crippen molar-refractivity contribution in [2.45, 2.75) is 12.3 Å². The van der Waals surface area contributed by atoms with Gasteiger partial charge in [-0.25, -0.2) is 0 Å². The minimum Gasteiger partial charge on any atom is -0.397 e. The fourth-order valence-electron chi connectivity index (χ4n) is 2.03. The maximum atomic E-state index is 6.11. The van der Waals surface area contributed by atoms with E-state index in [1.807, 2.05) is 0 Å². The highest BCUT2D eigenvalue weighted by Crippen LogP contribution is 2.37. The van der Waals surface area contributed by atoms with Gasteiger partial charge in [0.05, 0.1) is 27.9 Å². The molecule has 0 spiro atoms. The van der Waals surface area contributed by atoms with Gasteiger partial charge in [0, 0.05) is 12.5 Å². The summed E-state index contributed by atoms with van der Waals surface area (Å²) >= 11 is 12.1. The molecular weight excluding hydrogens is 289 g/mol. The number of nitrogens with two attached hydrogens (primary N) is 1. The van der Waals surface area contributed by atoms with E-state index in [1.165, 1.54) is 0 Å². The van der Waals surface area contributed by atoms with E-state index in [2.05, 4.69) is 10.1 Å². The van der Waals surface area contributed by atoms with Gasteiger partial charge < -0.3 is 15.0 Å². The Morgan fingerprint density at radius 1 is 1.26 bits per heavy atom. The third-order valence-electron chi connectivity index (χ3n) is 3.09. The zero-order valence-electron chi connectivity index (χ0n) is 9.90. The van der Waals surface area contributed by atoms with Crippen LogP contribution >= 0.6 is 23.2 Å². The summed E-state index contributed by atoms with van der Waals surface area (Å²) in [5, 5.41) is 4.80. The van der Waals surface area contributed by atoms with Crippen molar-refractivity contribution in [2.75, 3.05) is 18.9 Å². The van der Waals surface area contributed by atoms with Gasteiger partial charge in [-0.15, -0.1) is 0 Å². The summed E-state index contributed by atoms with van der Waals surface area (Å²) in [5.74, 6) is 1.06. The molecule has 2 aromatic rings. The minimum atomic E-state index is 0.164. The maximum absolute atomic E-state index is 6.11. The molecule has 7 heteroatoms. The summed E-state index contributed by atoms with van der Waals surface area (Å²) in [6.45, 7) is 1.33. The lowest BCUT2D eigenvalue weighted by Gasteiger charge is -2.05. The van der Waals surface area contributed by atoms with E-state index in [4.69, 9.17) is 38.2 Å². The van der Waals surface area contributed by atoms with E-state index in [9.17, 15) is 0 Å². The fourth-order valence-corrected chi connectivity index (χ4v) is 2.43. The van der Waals surface area contributed by atoms with Crippen LogP contribution in [0, 0.1) is 0 Å². The van der Waals surface area contributed by atoms with Crippen LogP contribution in [-0.4, -0.2) is 23.4 Å². The van der Waals surface area contributed by atoms with Crippen molar-refractivity contribution in [1.82, 2.24) is 10.1 Å². The second kappa shape index (κ2) is 5.00. The van der Waals surface area contributed by atoms with E-state index in [0.717, 1.165) is 6.42 Å². The standard InChI is InChI=1S/C12H11Cl2N3O2/c13-7-1-2-8(14)10(15)9(7)12-16-11(17-19-12)6-3-4-18-5-6/h1-2,6H,3-5,15H2. The molecule has 0 amide bonds. The van der Waals surface area contributed by atoms with Gasteiger partial charge in [0.2, 0.25) is 0 Å². The monoisotopic (exact) mass is 299 g/mol. The molecule has 1 atom stereocenters. The first kappa shape index (κ1) is 12.7. The number of hydrogen-bond acceptors (Lipinski definition) is 5. The molecule has 1 saturated heterocycles. The zero-order chi connectivity index (χ0) is 13.4. The molecule has 1 aliphatic rings. The summed E-state index contributed by atoms with van der Waals surface area (Å²) in [4.78, 5) is 4.34. The van der Waals surface area contributed by atoms with Crippen molar-refractivity contribution in [3.05, 3.63) is 28.0 Å². The van der Waals surface area contributed by atoms with Crippen molar-refractivity contribution in [3.63, 3.8) is 0 Å². The fraction of sp³-hybridized carbons (Fsp3) is 0.333. The lowest BCUT2D eigenvalue weighted by Crippen LogP contribution is -2.00. The van der Waals surface area contributed by atoms with Crippen LogP contribution in [-0.2, 0) is 4.74 Å². The molecule has 3 rings (SSSR count). The Kier molecular flexibility index (Phi) is 3.35. The lowest BCUT2D eigenvalue weighted by molar-refractivity contribution is 0.192. The van der Waals surface area contributed by atoms with Crippen LogP contribution < -0.4 is 5.73 Å². The van der Waals surface area contributed by atoms with Crippen molar-refractivity contribution in [2.24, 2.45) is 0 Å². The molecule has 1 unspecified atom stereocenters. The number of ether oxygens (including phenoxy) is 1. The highest BCUT2D eigenvalue weighted by atomic mass is 35.5. The Labute approximate surface area is 119 Å². The molecule has 5 nitrogen and oxygen atoms in total. The predicted octanol–water partition coefficient (Wildman–Crippen LogP) is 3.13. The molecule has 2 N–H and O–H groups in total. The topological polar surface area (TPSA) is 74.2 Å². The third kappa shape index (κ3) is 2.29. The van der Waals surface area contributed by atoms with E-state index < -0.39 is 0 Å². The average Bonchev–Trinajstić information content (AvgIpc) is 3.04. The van der Waals surface area contributed by atoms with Crippen LogP contribution in [0.1, 0.15) is 18.2 Å². The normalized spacial score (nSPS) is 18.9. The second-order valence-corrected chi connectivity index (χ2v) is 5.15. The van der Waals surface area contributed by atoms with Crippen molar-refractivity contribution >= 4 is 28.9 Å². The highest BCUT2D eigenvalue weighted by molar-refractivity contribution is 6.37. The molecule has 100 valence electrons. The van der Waals surface area contributed by atoms with Gasteiger partial charge in [-0.05, 0) is 18.6 Å². The number of hydrogen-bond donors (Lipinski definition) is 1. The zero-order valence-corrected chi connectivity index (χ0v) is 11.4. The number of halogens is 2. The Balaban J connectivity index is 2.01. The molecule has 1 aromatic carbocycles. The molecule has 0 bridgehead atoms. The summed E-state index contributed by atoms with van der Waals surface area (Å²) in [7, 11) is 0. The molecule has 0 aliphatic carbocycles. The van der Waals surface area contributed by atoms with Gasteiger partial charge in [0.25, 0.3) is 5.89 Å². The number of benzene rings is 1. The summed E-state index contributed by atoms with van der Waals surface area (Å²) in [6, 6.07) is 3.28. The SMILES string of the molecule is Nc1c(Cl)ccc(Cl)c1-c1nc(C2CCOC2)no1. The smallest absolute Gasteiger partial charge is 0.261 e. The Morgan fingerprint density at radius 2 is 2.05 bits per heavy atom. The van der Waals surface area contributed by atoms with E-state index in [0.29, 0.717) is 40.3 Å². The van der Waals surface area contributed by atoms with Gasteiger partial charge in [0.15, 0.2) is 5.82 Å². The van der Waals surface area contributed by atoms with Crippen molar-refractivity contribution in [3.8, 4) is 11.5 Å². The minimum absolute atomic E-state index is 0.164.